The molecule has 3 heterocycles. The molecule has 202 valence electrons. The fourth-order valence-corrected chi connectivity index (χ4v) is 5.39. The molecule has 0 bridgehead atoms. The first-order valence-corrected chi connectivity index (χ1v) is 13.9. The number of nitrogens with zero attached hydrogens (tertiary/aromatic N) is 5. The van der Waals surface area contributed by atoms with E-state index < -0.39 is 0 Å². The SMILES string of the molecule is CCc1ccc(Nc2nc(Nc3ccc(N4CCC(N5CCN(C)CC5)CC4)cc3OC)ncc2Cl)cc1. The molecule has 3 aromatic rings. The molecule has 2 saturated heterocycles. The van der Waals surface area contributed by atoms with Gasteiger partial charge >= 0.3 is 0 Å². The molecule has 0 radical (unpaired) electrons. The van der Waals surface area contributed by atoms with Gasteiger partial charge in [-0.1, -0.05) is 30.7 Å². The minimum Gasteiger partial charge on any atom is -0.494 e. The Balaban J connectivity index is 1.23. The first-order chi connectivity index (χ1) is 18.5. The number of hydrogen-bond acceptors (Lipinski definition) is 8. The number of ether oxygens (including phenoxy) is 1. The highest BCUT2D eigenvalue weighted by atomic mass is 35.5. The van der Waals surface area contributed by atoms with Crippen LogP contribution in [0.15, 0.2) is 48.7 Å². The summed E-state index contributed by atoms with van der Waals surface area (Å²) in [4.78, 5) is 16.6. The van der Waals surface area contributed by atoms with E-state index in [9.17, 15) is 0 Å². The Morgan fingerprint density at radius 3 is 2.39 bits per heavy atom. The second kappa shape index (κ2) is 12.2. The van der Waals surface area contributed by atoms with Gasteiger partial charge in [-0.25, -0.2) is 4.98 Å². The Morgan fingerprint density at radius 1 is 0.974 bits per heavy atom. The molecule has 0 saturated carbocycles. The molecule has 2 N–H and O–H groups in total. The number of nitrogens with one attached hydrogen (secondary N) is 2. The highest BCUT2D eigenvalue weighted by Gasteiger charge is 2.27. The van der Waals surface area contributed by atoms with Crippen LogP contribution in [-0.2, 0) is 6.42 Å². The summed E-state index contributed by atoms with van der Waals surface area (Å²) >= 11 is 6.39. The molecule has 1 aromatic heterocycles. The lowest BCUT2D eigenvalue weighted by molar-refractivity contribution is 0.0982. The van der Waals surface area contributed by atoms with E-state index in [0.717, 1.165) is 36.6 Å². The summed E-state index contributed by atoms with van der Waals surface area (Å²) in [6, 6.07) is 15.2. The first kappa shape index (κ1) is 26.5. The van der Waals surface area contributed by atoms with E-state index >= 15 is 0 Å². The standard InChI is InChI=1S/C29H38ClN7O/c1-4-21-5-7-22(8-6-21)32-28-25(30)20-31-29(34-28)33-26-10-9-24(19-27(26)38-3)36-13-11-23(12-14-36)37-17-15-35(2)16-18-37/h5-10,19-20,23H,4,11-18H2,1-3H3,(H2,31,32,33,34). The average molecular weight is 536 g/mol. The predicted octanol–water partition coefficient (Wildman–Crippen LogP) is 5.40. The Morgan fingerprint density at radius 2 is 1.71 bits per heavy atom. The minimum absolute atomic E-state index is 0.445. The van der Waals surface area contributed by atoms with E-state index in [1.54, 1.807) is 13.3 Å². The molecule has 38 heavy (non-hydrogen) atoms. The van der Waals surface area contributed by atoms with Crippen molar-refractivity contribution in [2.75, 3.05) is 69.0 Å². The fraction of sp³-hybridized carbons (Fsp3) is 0.448. The highest BCUT2D eigenvalue weighted by Crippen LogP contribution is 2.34. The van der Waals surface area contributed by atoms with Crippen molar-refractivity contribution in [1.29, 1.82) is 0 Å². The Kier molecular flexibility index (Phi) is 8.51. The summed E-state index contributed by atoms with van der Waals surface area (Å²) in [6.45, 7) is 8.97. The van der Waals surface area contributed by atoms with E-state index in [2.05, 4.69) is 73.5 Å². The van der Waals surface area contributed by atoms with Gasteiger partial charge in [-0.05, 0) is 56.1 Å². The lowest BCUT2D eigenvalue weighted by atomic mass is 10.0. The van der Waals surface area contributed by atoms with Crippen LogP contribution in [0.1, 0.15) is 25.3 Å². The second-order valence-electron chi connectivity index (χ2n) is 10.1. The minimum atomic E-state index is 0.445. The zero-order valence-electron chi connectivity index (χ0n) is 22.6. The van der Waals surface area contributed by atoms with Crippen LogP contribution in [0.5, 0.6) is 5.75 Å². The van der Waals surface area contributed by atoms with E-state index in [-0.39, 0.29) is 0 Å². The van der Waals surface area contributed by atoms with Gasteiger partial charge in [0.15, 0.2) is 5.82 Å². The third-order valence-corrected chi connectivity index (χ3v) is 7.96. The van der Waals surface area contributed by atoms with Crippen LogP contribution in [0, 0.1) is 0 Å². The van der Waals surface area contributed by atoms with Gasteiger partial charge in [-0.2, -0.15) is 4.98 Å². The number of aromatic nitrogens is 2. The molecule has 0 spiro atoms. The maximum absolute atomic E-state index is 6.39. The average Bonchev–Trinajstić information content (AvgIpc) is 2.96. The van der Waals surface area contributed by atoms with Gasteiger partial charge in [0, 0.05) is 62.8 Å². The zero-order valence-corrected chi connectivity index (χ0v) is 23.3. The van der Waals surface area contributed by atoms with Gasteiger partial charge in [0.05, 0.1) is 19.0 Å². The van der Waals surface area contributed by atoms with Crippen molar-refractivity contribution in [2.24, 2.45) is 0 Å². The summed E-state index contributed by atoms with van der Waals surface area (Å²) < 4.78 is 5.75. The van der Waals surface area contributed by atoms with Crippen LogP contribution in [0.4, 0.5) is 28.8 Å². The highest BCUT2D eigenvalue weighted by molar-refractivity contribution is 6.32. The van der Waals surface area contributed by atoms with E-state index in [1.807, 2.05) is 18.2 Å². The summed E-state index contributed by atoms with van der Waals surface area (Å²) in [5.41, 5.74) is 4.19. The Bertz CT molecular complexity index is 1210. The fourth-order valence-electron chi connectivity index (χ4n) is 5.25. The Labute approximate surface area is 231 Å². The molecule has 0 unspecified atom stereocenters. The van der Waals surface area contributed by atoms with Crippen LogP contribution in [0.25, 0.3) is 0 Å². The summed E-state index contributed by atoms with van der Waals surface area (Å²) in [7, 11) is 3.91. The van der Waals surface area contributed by atoms with Gasteiger partial charge in [0.1, 0.15) is 10.8 Å². The lowest BCUT2D eigenvalue weighted by Gasteiger charge is -2.42. The van der Waals surface area contributed by atoms with Crippen LogP contribution >= 0.6 is 11.6 Å². The maximum atomic E-state index is 6.39. The molecule has 9 heteroatoms. The van der Waals surface area contributed by atoms with Crippen molar-refractivity contribution >= 4 is 40.4 Å². The molecule has 8 nitrogen and oxygen atoms in total. The summed E-state index contributed by atoms with van der Waals surface area (Å²) in [5, 5.41) is 7.05. The number of benzene rings is 2. The van der Waals surface area contributed by atoms with Gasteiger partial charge in [-0.3, -0.25) is 4.90 Å². The van der Waals surface area contributed by atoms with Gasteiger partial charge in [0.2, 0.25) is 5.95 Å². The quantitative estimate of drug-likeness (QED) is 0.397. The third-order valence-electron chi connectivity index (χ3n) is 7.68. The predicted molar refractivity (Wildman–Crippen MR) is 157 cm³/mol. The van der Waals surface area contributed by atoms with Crippen LogP contribution in [0.3, 0.4) is 0 Å². The smallest absolute Gasteiger partial charge is 0.229 e. The van der Waals surface area contributed by atoms with Crippen LogP contribution < -0.4 is 20.3 Å². The lowest BCUT2D eigenvalue weighted by Crippen LogP contribution is -2.52. The van der Waals surface area contributed by atoms with Crippen molar-refractivity contribution in [2.45, 2.75) is 32.2 Å². The van der Waals surface area contributed by atoms with Crippen molar-refractivity contribution in [3.05, 3.63) is 59.2 Å². The zero-order chi connectivity index (χ0) is 26.5. The molecule has 0 amide bonds. The van der Waals surface area contributed by atoms with Gasteiger partial charge < -0.3 is 25.2 Å². The van der Waals surface area contributed by atoms with Gasteiger partial charge in [-0.15, -0.1) is 0 Å². The molecule has 0 atom stereocenters. The normalized spacial score (nSPS) is 17.4. The third kappa shape index (κ3) is 6.31. The maximum Gasteiger partial charge on any atom is 0.229 e. The first-order valence-electron chi connectivity index (χ1n) is 13.5. The van der Waals surface area contributed by atoms with Crippen molar-refractivity contribution < 1.29 is 4.74 Å². The number of likely N-dealkylation sites (N-methyl/N-ethyl adjacent to an activating group) is 1. The molecule has 5 rings (SSSR count). The molecular weight excluding hydrogens is 498 g/mol. The number of piperidine rings is 1. The van der Waals surface area contributed by atoms with Crippen LogP contribution in [0.2, 0.25) is 5.02 Å². The molecular formula is C29H38ClN7O. The molecule has 0 aliphatic carbocycles. The molecule has 2 aromatic carbocycles. The van der Waals surface area contributed by atoms with E-state index in [4.69, 9.17) is 16.3 Å². The summed E-state index contributed by atoms with van der Waals surface area (Å²) in [6.07, 6.45) is 4.99. The van der Waals surface area contributed by atoms with Crippen molar-refractivity contribution in [1.82, 2.24) is 19.8 Å². The second-order valence-corrected chi connectivity index (χ2v) is 10.5. The topological polar surface area (TPSA) is 68.8 Å². The number of aryl methyl sites for hydroxylation is 1. The van der Waals surface area contributed by atoms with Crippen LogP contribution in [-0.4, -0.2) is 79.2 Å². The largest absolute Gasteiger partial charge is 0.494 e. The van der Waals surface area contributed by atoms with E-state index in [0.29, 0.717) is 22.8 Å². The monoisotopic (exact) mass is 535 g/mol. The number of hydrogen-bond donors (Lipinski definition) is 2. The number of piperazine rings is 1. The van der Waals surface area contributed by atoms with Gasteiger partial charge in [0.25, 0.3) is 0 Å². The molecule has 2 fully saturated rings. The Hall–Kier alpha value is -3.07. The number of rotatable bonds is 8. The van der Waals surface area contributed by atoms with Crippen molar-refractivity contribution in [3.8, 4) is 5.75 Å². The number of anilines is 5. The number of halogens is 1. The number of methoxy groups -OCH3 is 1. The summed E-state index contributed by atoms with van der Waals surface area (Å²) in [5.74, 6) is 1.75. The molecule has 2 aliphatic rings. The molecule has 2 aliphatic heterocycles. The van der Waals surface area contributed by atoms with E-state index in [1.165, 1.54) is 50.3 Å². The van der Waals surface area contributed by atoms with Crippen molar-refractivity contribution in [3.63, 3.8) is 0 Å².